The maximum absolute atomic E-state index is 10.9. The predicted molar refractivity (Wildman–Crippen MR) is 64.8 cm³/mol. The average molecular weight is 222 g/mol. The van der Waals surface area contributed by atoms with Gasteiger partial charge in [0.2, 0.25) is 0 Å². The summed E-state index contributed by atoms with van der Waals surface area (Å²) in [6.45, 7) is 7.89. The van der Waals surface area contributed by atoms with Crippen LogP contribution in [0.5, 0.6) is 0 Å². The van der Waals surface area contributed by atoms with E-state index in [9.17, 15) is 4.79 Å². The van der Waals surface area contributed by atoms with Crippen molar-refractivity contribution < 1.29 is 9.53 Å². The molecule has 1 aromatic carbocycles. The Morgan fingerprint density at radius 3 is 2.27 bits per heavy atom. The van der Waals surface area contributed by atoms with E-state index in [1.165, 1.54) is 12.1 Å². The fourth-order valence-corrected chi connectivity index (χ4v) is 3.48. The van der Waals surface area contributed by atoms with Gasteiger partial charge in [0.15, 0.2) is 0 Å². The van der Waals surface area contributed by atoms with E-state index in [0.717, 1.165) is 0 Å². The lowest BCUT2D eigenvalue weighted by Crippen LogP contribution is -2.52. The maximum Gasteiger partial charge on any atom is 0.302 e. The van der Waals surface area contributed by atoms with Crippen LogP contribution in [0.25, 0.3) is 0 Å². The van der Waals surface area contributed by atoms with Crippen molar-refractivity contribution in [2.45, 2.75) is 32.7 Å². The minimum absolute atomic E-state index is 0.0115. The molecular formula is C12H18O2Si. The summed E-state index contributed by atoms with van der Waals surface area (Å²) in [6.07, 6.45) is 0. The molecule has 15 heavy (non-hydrogen) atoms. The van der Waals surface area contributed by atoms with Crippen LogP contribution >= 0.6 is 0 Å². The molecule has 0 aliphatic rings. The lowest BCUT2D eigenvalue weighted by atomic mass is 10.4. The molecule has 82 valence electrons. The van der Waals surface area contributed by atoms with Crippen molar-refractivity contribution in [3.63, 3.8) is 0 Å². The standard InChI is InChI=1S/C12H18O2Si/c1-10(13)14-11(2)15(3,4)12-8-6-5-7-9-12/h5-9,11H,1-4H3/t11-/m0/s1. The van der Waals surface area contributed by atoms with E-state index in [0.29, 0.717) is 0 Å². The van der Waals surface area contributed by atoms with Crippen LogP contribution in [0, 0.1) is 0 Å². The molecule has 1 rings (SSSR count). The summed E-state index contributed by atoms with van der Waals surface area (Å²) in [7, 11) is -1.69. The van der Waals surface area contributed by atoms with Gasteiger partial charge >= 0.3 is 5.97 Å². The van der Waals surface area contributed by atoms with Crippen molar-refractivity contribution in [1.29, 1.82) is 0 Å². The molecule has 0 aliphatic carbocycles. The van der Waals surface area contributed by atoms with Crippen molar-refractivity contribution in [2.24, 2.45) is 0 Å². The van der Waals surface area contributed by atoms with Crippen molar-refractivity contribution >= 4 is 19.2 Å². The van der Waals surface area contributed by atoms with Crippen LogP contribution in [-0.2, 0) is 9.53 Å². The minimum Gasteiger partial charge on any atom is -0.466 e. The van der Waals surface area contributed by atoms with Gasteiger partial charge in [-0.05, 0) is 6.92 Å². The van der Waals surface area contributed by atoms with Crippen LogP contribution in [0.3, 0.4) is 0 Å². The summed E-state index contributed by atoms with van der Waals surface area (Å²) in [5.41, 5.74) is 0.0115. The van der Waals surface area contributed by atoms with E-state index in [1.807, 2.05) is 25.1 Å². The lowest BCUT2D eigenvalue weighted by Gasteiger charge is -2.29. The van der Waals surface area contributed by atoms with Crippen LogP contribution in [-0.4, -0.2) is 19.8 Å². The van der Waals surface area contributed by atoms with E-state index in [1.54, 1.807) is 0 Å². The van der Waals surface area contributed by atoms with Gasteiger partial charge in [-0.1, -0.05) is 48.6 Å². The van der Waals surface area contributed by atoms with Gasteiger partial charge in [-0.2, -0.15) is 0 Å². The van der Waals surface area contributed by atoms with E-state index in [-0.39, 0.29) is 11.7 Å². The number of carbonyl (C=O) groups excluding carboxylic acids is 1. The highest BCUT2D eigenvalue weighted by molar-refractivity contribution is 6.90. The Morgan fingerprint density at radius 1 is 1.27 bits per heavy atom. The first-order valence-electron chi connectivity index (χ1n) is 5.17. The fraction of sp³-hybridized carbons (Fsp3) is 0.417. The molecule has 0 fully saturated rings. The van der Waals surface area contributed by atoms with Crippen molar-refractivity contribution in [3.8, 4) is 0 Å². The van der Waals surface area contributed by atoms with Crippen LogP contribution < -0.4 is 5.19 Å². The van der Waals surface area contributed by atoms with Crippen molar-refractivity contribution in [2.75, 3.05) is 0 Å². The van der Waals surface area contributed by atoms with Gasteiger partial charge in [-0.25, -0.2) is 0 Å². The van der Waals surface area contributed by atoms with Crippen molar-refractivity contribution in [1.82, 2.24) is 0 Å². The van der Waals surface area contributed by atoms with Gasteiger partial charge in [0.1, 0.15) is 8.07 Å². The molecule has 0 saturated carbocycles. The van der Waals surface area contributed by atoms with Gasteiger partial charge in [0.05, 0.1) is 5.73 Å². The third-order valence-corrected chi connectivity index (χ3v) is 6.85. The largest absolute Gasteiger partial charge is 0.466 e. The molecule has 1 atom stereocenters. The van der Waals surface area contributed by atoms with Crippen molar-refractivity contribution in [3.05, 3.63) is 30.3 Å². The number of esters is 1. The Morgan fingerprint density at radius 2 is 1.80 bits per heavy atom. The first-order chi connectivity index (χ1) is 6.94. The Balaban J connectivity index is 2.87. The second kappa shape index (κ2) is 4.62. The molecule has 0 N–H and O–H groups in total. The number of rotatable bonds is 3. The summed E-state index contributed by atoms with van der Waals surface area (Å²) in [5, 5.41) is 1.32. The molecule has 0 radical (unpaired) electrons. The third-order valence-electron chi connectivity index (χ3n) is 2.88. The molecule has 3 heteroatoms. The molecule has 0 spiro atoms. The zero-order valence-corrected chi connectivity index (χ0v) is 10.8. The van der Waals surface area contributed by atoms with Crippen LogP contribution in [0.2, 0.25) is 13.1 Å². The molecular weight excluding hydrogens is 204 g/mol. The molecule has 0 saturated heterocycles. The zero-order valence-electron chi connectivity index (χ0n) is 9.78. The Kier molecular flexibility index (Phi) is 3.69. The minimum atomic E-state index is -1.69. The highest BCUT2D eigenvalue weighted by Gasteiger charge is 2.32. The highest BCUT2D eigenvalue weighted by atomic mass is 28.3. The summed E-state index contributed by atoms with van der Waals surface area (Å²) < 4.78 is 5.29. The maximum atomic E-state index is 10.9. The predicted octanol–water partition coefficient (Wildman–Crippen LogP) is 2.09. The Bertz CT molecular complexity index is 333. The monoisotopic (exact) mass is 222 g/mol. The summed E-state index contributed by atoms with van der Waals surface area (Å²) in [4.78, 5) is 10.9. The number of hydrogen-bond donors (Lipinski definition) is 0. The average Bonchev–Trinajstić information content (AvgIpc) is 2.18. The first kappa shape index (κ1) is 12.0. The SMILES string of the molecule is CC(=O)O[C@H](C)[Si](C)(C)c1ccccc1. The lowest BCUT2D eigenvalue weighted by molar-refractivity contribution is -0.142. The second-order valence-electron chi connectivity index (χ2n) is 4.34. The van der Waals surface area contributed by atoms with Gasteiger partial charge in [-0.3, -0.25) is 4.79 Å². The van der Waals surface area contributed by atoms with Crippen LogP contribution in [0.1, 0.15) is 13.8 Å². The third kappa shape index (κ3) is 2.93. The van der Waals surface area contributed by atoms with Gasteiger partial charge in [-0.15, -0.1) is 0 Å². The number of hydrogen-bond acceptors (Lipinski definition) is 2. The first-order valence-corrected chi connectivity index (χ1v) is 8.25. The van der Waals surface area contributed by atoms with Crippen LogP contribution in [0.4, 0.5) is 0 Å². The molecule has 0 amide bonds. The fourth-order valence-electron chi connectivity index (χ4n) is 1.50. The molecule has 0 aliphatic heterocycles. The number of ether oxygens (including phenoxy) is 1. The Labute approximate surface area is 92.3 Å². The molecule has 0 aromatic heterocycles. The summed E-state index contributed by atoms with van der Waals surface area (Å²) in [5.74, 6) is -0.195. The molecule has 0 heterocycles. The van der Waals surface area contributed by atoms with E-state index in [4.69, 9.17) is 4.74 Å². The quantitative estimate of drug-likeness (QED) is 0.578. The smallest absolute Gasteiger partial charge is 0.302 e. The summed E-state index contributed by atoms with van der Waals surface area (Å²) >= 11 is 0. The van der Waals surface area contributed by atoms with E-state index >= 15 is 0 Å². The summed E-state index contributed by atoms with van der Waals surface area (Å²) in [6, 6.07) is 10.3. The molecule has 2 nitrogen and oxygen atoms in total. The van der Waals surface area contributed by atoms with Crippen LogP contribution in [0.15, 0.2) is 30.3 Å². The van der Waals surface area contributed by atoms with E-state index in [2.05, 4.69) is 25.2 Å². The van der Waals surface area contributed by atoms with E-state index < -0.39 is 8.07 Å². The highest BCUT2D eigenvalue weighted by Crippen LogP contribution is 2.12. The van der Waals surface area contributed by atoms with Gasteiger partial charge in [0.25, 0.3) is 0 Å². The molecule has 1 aromatic rings. The number of benzene rings is 1. The Hall–Kier alpha value is -1.09. The molecule has 0 bridgehead atoms. The van der Waals surface area contributed by atoms with Gasteiger partial charge in [0, 0.05) is 6.92 Å². The van der Waals surface area contributed by atoms with Gasteiger partial charge < -0.3 is 4.74 Å². The zero-order chi connectivity index (χ0) is 11.5. The topological polar surface area (TPSA) is 26.3 Å². The second-order valence-corrected chi connectivity index (χ2v) is 9.17. The normalized spacial score (nSPS) is 13.3. The molecule has 0 unspecified atom stereocenters. The number of carbonyl (C=O) groups is 1.